The van der Waals surface area contributed by atoms with Crippen molar-refractivity contribution in [3.05, 3.63) is 35.7 Å². The molecular weight excluding hydrogens is 322 g/mol. The minimum atomic E-state index is -0.623. The normalized spacial score (nSPS) is 19.4. The molecule has 0 bridgehead atoms. The van der Waals surface area contributed by atoms with Crippen molar-refractivity contribution >= 4 is 23.2 Å². The van der Waals surface area contributed by atoms with Crippen LogP contribution in [0.2, 0.25) is 0 Å². The first-order valence-electron chi connectivity index (χ1n) is 8.37. The molecule has 7 nitrogen and oxygen atoms in total. The van der Waals surface area contributed by atoms with Crippen molar-refractivity contribution in [2.24, 2.45) is 0 Å². The molecule has 1 N–H and O–H groups in total. The van der Waals surface area contributed by atoms with Gasteiger partial charge in [-0.25, -0.2) is 0 Å². The van der Waals surface area contributed by atoms with Crippen molar-refractivity contribution in [1.82, 2.24) is 5.16 Å². The van der Waals surface area contributed by atoms with Crippen LogP contribution in [0.4, 0.5) is 11.4 Å². The summed E-state index contributed by atoms with van der Waals surface area (Å²) in [6.45, 7) is 3.39. The highest BCUT2D eigenvalue weighted by molar-refractivity contribution is 6.06. The molecule has 0 saturated heterocycles. The summed E-state index contributed by atoms with van der Waals surface area (Å²) in [6.07, 6.45) is 1.47. The molecule has 2 aliphatic rings. The summed E-state index contributed by atoms with van der Waals surface area (Å²) >= 11 is 0. The summed E-state index contributed by atoms with van der Waals surface area (Å²) in [6, 6.07) is 7.21. The number of hydrogen-bond donors (Lipinski definition) is 1. The lowest BCUT2D eigenvalue weighted by Gasteiger charge is -2.32. The Bertz CT molecular complexity index is 841. The van der Waals surface area contributed by atoms with Gasteiger partial charge in [-0.05, 0) is 38.8 Å². The fourth-order valence-corrected chi connectivity index (χ4v) is 3.01. The monoisotopic (exact) mass is 341 g/mol. The molecule has 1 aromatic carbocycles. The number of para-hydroxylation sites is 2. The fraction of sp³-hybridized carbons (Fsp3) is 0.389. The quantitative estimate of drug-likeness (QED) is 0.924. The number of nitrogens with zero attached hydrogens (tertiary/aromatic N) is 2. The van der Waals surface area contributed by atoms with Crippen LogP contribution in [-0.4, -0.2) is 29.6 Å². The van der Waals surface area contributed by atoms with Crippen LogP contribution in [0.5, 0.6) is 5.75 Å². The van der Waals surface area contributed by atoms with E-state index in [0.29, 0.717) is 28.7 Å². The highest BCUT2D eigenvalue weighted by Crippen LogP contribution is 2.44. The van der Waals surface area contributed by atoms with Gasteiger partial charge in [0.25, 0.3) is 5.91 Å². The van der Waals surface area contributed by atoms with E-state index in [1.54, 1.807) is 26.0 Å². The number of anilines is 2. The van der Waals surface area contributed by atoms with Gasteiger partial charge in [-0.2, -0.15) is 0 Å². The van der Waals surface area contributed by atoms with Crippen LogP contribution in [0, 0.1) is 6.92 Å². The summed E-state index contributed by atoms with van der Waals surface area (Å²) in [4.78, 5) is 26.5. The molecule has 1 fully saturated rings. The maximum Gasteiger partial charge on any atom is 0.268 e. The van der Waals surface area contributed by atoms with Crippen LogP contribution in [0.3, 0.4) is 0 Å². The molecule has 0 spiro atoms. The van der Waals surface area contributed by atoms with E-state index in [4.69, 9.17) is 9.26 Å². The van der Waals surface area contributed by atoms with Crippen molar-refractivity contribution in [2.75, 3.05) is 16.8 Å². The van der Waals surface area contributed by atoms with E-state index in [-0.39, 0.29) is 18.4 Å². The minimum absolute atomic E-state index is 0.0850. The summed E-state index contributed by atoms with van der Waals surface area (Å²) in [7, 11) is 0. The van der Waals surface area contributed by atoms with Crippen LogP contribution < -0.4 is 15.0 Å². The number of hydrogen-bond acceptors (Lipinski definition) is 5. The third-order valence-electron chi connectivity index (χ3n) is 4.48. The molecule has 1 saturated carbocycles. The van der Waals surface area contributed by atoms with Crippen LogP contribution in [-0.2, 0) is 9.59 Å². The zero-order valence-electron chi connectivity index (χ0n) is 14.1. The lowest BCUT2D eigenvalue weighted by atomic mass is 10.2. The number of carbonyl (C=O) groups excluding carboxylic acids is 2. The lowest BCUT2D eigenvalue weighted by molar-refractivity contribution is -0.127. The van der Waals surface area contributed by atoms with E-state index in [2.05, 4.69) is 10.5 Å². The number of aromatic nitrogens is 1. The number of amides is 2. The second-order valence-electron chi connectivity index (χ2n) is 6.48. The third-order valence-corrected chi connectivity index (χ3v) is 4.48. The third kappa shape index (κ3) is 2.86. The maximum absolute atomic E-state index is 12.6. The van der Waals surface area contributed by atoms with Crippen LogP contribution in [0.25, 0.3) is 0 Å². The van der Waals surface area contributed by atoms with E-state index >= 15 is 0 Å². The van der Waals surface area contributed by atoms with E-state index < -0.39 is 6.10 Å². The number of rotatable bonds is 4. The second kappa shape index (κ2) is 5.91. The second-order valence-corrected chi connectivity index (χ2v) is 6.48. The molecule has 7 heteroatoms. The Morgan fingerprint density at radius 1 is 1.36 bits per heavy atom. The SMILES string of the molecule is Cc1noc(C2CC2)c1NC(=O)CN1C(=O)[C@H](C)Oc2ccccc21. The summed E-state index contributed by atoms with van der Waals surface area (Å²) in [5.41, 5.74) is 1.89. The van der Waals surface area contributed by atoms with Gasteiger partial charge in [-0.1, -0.05) is 17.3 Å². The molecule has 0 radical (unpaired) electrons. The van der Waals surface area contributed by atoms with E-state index in [0.717, 1.165) is 18.6 Å². The van der Waals surface area contributed by atoms with Gasteiger partial charge in [-0.3, -0.25) is 14.5 Å². The first-order valence-corrected chi connectivity index (χ1v) is 8.37. The Balaban J connectivity index is 1.55. The van der Waals surface area contributed by atoms with Crippen molar-refractivity contribution in [3.63, 3.8) is 0 Å². The molecule has 1 atom stereocenters. The topological polar surface area (TPSA) is 84.7 Å². The van der Waals surface area contributed by atoms with E-state index in [1.165, 1.54) is 4.90 Å². The Labute approximate surface area is 144 Å². The Hall–Kier alpha value is -2.83. The Kier molecular flexibility index (Phi) is 3.71. The van der Waals surface area contributed by atoms with E-state index in [1.807, 2.05) is 12.1 Å². The van der Waals surface area contributed by atoms with Gasteiger partial charge in [0.15, 0.2) is 11.9 Å². The molecule has 25 heavy (non-hydrogen) atoms. The number of ether oxygens (including phenoxy) is 1. The highest BCUT2D eigenvalue weighted by atomic mass is 16.5. The Morgan fingerprint density at radius 2 is 2.12 bits per heavy atom. The fourth-order valence-electron chi connectivity index (χ4n) is 3.01. The summed E-state index contributed by atoms with van der Waals surface area (Å²) < 4.78 is 10.9. The number of nitrogens with one attached hydrogen (secondary N) is 1. The number of benzene rings is 1. The predicted octanol–water partition coefficient (Wildman–Crippen LogP) is 2.61. The lowest BCUT2D eigenvalue weighted by Crippen LogP contribution is -2.47. The summed E-state index contributed by atoms with van der Waals surface area (Å²) in [5, 5.41) is 6.81. The zero-order valence-corrected chi connectivity index (χ0v) is 14.1. The van der Waals surface area contributed by atoms with Gasteiger partial charge in [-0.15, -0.1) is 0 Å². The number of fused-ring (bicyclic) bond motifs is 1. The predicted molar refractivity (Wildman–Crippen MR) is 90.7 cm³/mol. The molecule has 1 aromatic heterocycles. The van der Waals surface area contributed by atoms with Crippen LogP contribution in [0.1, 0.15) is 37.1 Å². The first-order chi connectivity index (χ1) is 12.0. The highest BCUT2D eigenvalue weighted by Gasteiger charge is 2.34. The van der Waals surface area contributed by atoms with Gasteiger partial charge >= 0.3 is 0 Å². The van der Waals surface area contributed by atoms with Gasteiger partial charge in [0.05, 0.1) is 5.69 Å². The summed E-state index contributed by atoms with van der Waals surface area (Å²) in [5.74, 6) is 1.14. The Morgan fingerprint density at radius 3 is 2.88 bits per heavy atom. The molecule has 1 aliphatic heterocycles. The number of aryl methyl sites for hydroxylation is 1. The van der Waals surface area contributed by atoms with Gasteiger partial charge in [0.1, 0.15) is 23.7 Å². The average molecular weight is 341 g/mol. The minimum Gasteiger partial charge on any atom is -0.479 e. The van der Waals surface area contributed by atoms with Gasteiger partial charge in [0, 0.05) is 5.92 Å². The molecule has 2 aromatic rings. The van der Waals surface area contributed by atoms with Gasteiger partial charge < -0.3 is 14.6 Å². The van der Waals surface area contributed by atoms with Crippen molar-refractivity contribution in [3.8, 4) is 5.75 Å². The van der Waals surface area contributed by atoms with Gasteiger partial charge in [0.2, 0.25) is 5.91 Å². The standard InChI is InChI=1S/C18H19N3O4/c1-10-16(17(25-20-10)12-7-8-12)19-15(22)9-21-13-5-3-4-6-14(13)24-11(2)18(21)23/h3-6,11-12H,7-9H2,1-2H3,(H,19,22)/t11-/m0/s1. The zero-order chi connectivity index (χ0) is 17.6. The van der Waals surface area contributed by atoms with Crippen LogP contribution in [0.15, 0.2) is 28.8 Å². The smallest absolute Gasteiger partial charge is 0.268 e. The maximum atomic E-state index is 12.6. The largest absolute Gasteiger partial charge is 0.479 e. The first kappa shape index (κ1) is 15.7. The average Bonchev–Trinajstić information content (AvgIpc) is 3.37. The molecule has 4 rings (SSSR count). The van der Waals surface area contributed by atoms with Crippen molar-refractivity contribution < 1.29 is 18.8 Å². The molecular formula is C18H19N3O4. The molecule has 130 valence electrons. The van der Waals surface area contributed by atoms with Crippen molar-refractivity contribution in [1.29, 1.82) is 0 Å². The molecule has 1 aliphatic carbocycles. The molecule has 2 heterocycles. The van der Waals surface area contributed by atoms with Crippen molar-refractivity contribution in [2.45, 2.75) is 38.7 Å². The molecule has 0 unspecified atom stereocenters. The molecule has 2 amide bonds. The number of carbonyl (C=O) groups is 2. The van der Waals surface area contributed by atoms with Crippen LogP contribution >= 0.6 is 0 Å². The van der Waals surface area contributed by atoms with E-state index in [9.17, 15) is 9.59 Å².